The number of halogens is 1. The molecule has 0 aliphatic carbocycles. The molecule has 0 unspecified atom stereocenters. The topological polar surface area (TPSA) is 89.8 Å². The van der Waals surface area contributed by atoms with Crippen LogP contribution in [0.2, 0.25) is 5.02 Å². The second kappa shape index (κ2) is 6.54. The Morgan fingerprint density at radius 2 is 1.65 bits per heavy atom. The van der Waals surface area contributed by atoms with E-state index in [1.165, 1.54) is 0 Å². The number of anilines is 3. The minimum atomic E-state index is 0.174. The molecule has 116 valence electrons. The van der Waals surface area contributed by atoms with Gasteiger partial charge in [-0.2, -0.15) is 4.98 Å². The summed E-state index contributed by atoms with van der Waals surface area (Å²) in [5.41, 5.74) is 15.3. The summed E-state index contributed by atoms with van der Waals surface area (Å²) in [4.78, 5) is 7.96. The number of hydrogen-bond acceptors (Lipinski definition) is 5. The first-order valence-corrected chi connectivity index (χ1v) is 7.46. The Kier molecular flexibility index (Phi) is 4.30. The molecule has 0 atom stereocenters. The van der Waals surface area contributed by atoms with Crippen molar-refractivity contribution in [2.45, 2.75) is 6.54 Å². The number of nitrogens with one attached hydrogen (secondary N) is 1. The van der Waals surface area contributed by atoms with Crippen molar-refractivity contribution in [1.82, 2.24) is 9.97 Å². The van der Waals surface area contributed by atoms with Gasteiger partial charge >= 0.3 is 0 Å². The van der Waals surface area contributed by atoms with Gasteiger partial charge in [-0.05, 0) is 35.4 Å². The molecule has 0 aliphatic heterocycles. The summed E-state index contributed by atoms with van der Waals surface area (Å²) < 4.78 is 0. The van der Waals surface area contributed by atoms with Crippen molar-refractivity contribution in [1.29, 1.82) is 0 Å². The van der Waals surface area contributed by atoms with Crippen LogP contribution < -0.4 is 16.8 Å². The average Bonchev–Trinajstić information content (AvgIpc) is 2.55. The highest BCUT2D eigenvalue weighted by molar-refractivity contribution is 6.30. The lowest BCUT2D eigenvalue weighted by Gasteiger charge is -2.09. The summed E-state index contributed by atoms with van der Waals surface area (Å²) in [5.74, 6) is 0.548. The zero-order valence-electron chi connectivity index (χ0n) is 12.3. The largest absolute Gasteiger partial charge is 0.383 e. The molecule has 1 heterocycles. The Morgan fingerprint density at radius 3 is 2.30 bits per heavy atom. The zero-order chi connectivity index (χ0) is 16.2. The molecule has 5 nitrogen and oxygen atoms in total. The maximum absolute atomic E-state index is 5.88. The fourth-order valence-corrected chi connectivity index (χ4v) is 2.33. The number of nitrogens with two attached hydrogens (primary N) is 2. The first kappa shape index (κ1) is 15.1. The van der Waals surface area contributed by atoms with Crippen LogP contribution in [0.1, 0.15) is 5.56 Å². The van der Waals surface area contributed by atoms with E-state index in [0.29, 0.717) is 5.82 Å². The van der Waals surface area contributed by atoms with Crippen LogP contribution in [0.4, 0.5) is 17.5 Å². The molecule has 0 saturated carbocycles. The second-order valence-electron chi connectivity index (χ2n) is 5.08. The van der Waals surface area contributed by atoms with Gasteiger partial charge in [0.1, 0.15) is 5.82 Å². The van der Waals surface area contributed by atoms with Crippen molar-refractivity contribution >= 4 is 29.1 Å². The van der Waals surface area contributed by atoms with E-state index in [1.54, 1.807) is 6.20 Å². The maximum atomic E-state index is 5.88. The maximum Gasteiger partial charge on any atom is 0.221 e. The van der Waals surface area contributed by atoms with Gasteiger partial charge in [-0.1, -0.05) is 35.9 Å². The zero-order valence-corrected chi connectivity index (χ0v) is 13.1. The molecule has 0 spiro atoms. The van der Waals surface area contributed by atoms with Crippen LogP contribution >= 0.6 is 11.6 Å². The Labute approximate surface area is 139 Å². The third-order valence-corrected chi connectivity index (χ3v) is 3.69. The van der Waals surface area contributed by atoms with Gasteiger partial charge in [0.15, 0.2) is 0 Å². The Bertz CT molecular complexity index is 800. The number of rotatable bonds is 4. The van der Waals surface area contributed by atoms with E-state index in [0.717, 1.165) is 33.9 Å². The van der Waals surface area contributed by atoms with Gasteiger partial charge in [0.05, 0.1) is 0 Å². The SMILES string of the molecule is Nc1ncc(-c2ccc(NCc3ccc(Cl)cc3)cc2)c(N)n1. The Hall–Kier alpha value is -2.79. The van der Waals surface area contributed by atoms with Gasteiger partial charge in [0.25, 0.3) is 0 Å². The smallest absolute Gasteiger partial charge is 0.221 e. The molecule has 0 bridgehead atoms. The van der Waals surface area contributed by atoms with Gasteiger partial charge in [-0.25, -0.2) is 4.98 Å². The fourth-order valence-electron chi connectivity index (χ4n) is 2.21. The van der Waals surface area contributed by atoms with Crippen LogP contribution in [0.5, 0.6) is 0 Å². The normalized spacial score (nSPS) is 10.5. The summed E-state index contributed by atoms with van der Waals surface area (Å²) >= 11 is 5.88. The van der Waals surface area contributed by atoms with Crippen LogP contribution in [0.15, 0.2) is 54.7 Å². The monoisotopic (exact) mass is 325 g/mol. The average molecular weight is 326 g/mol. The summed E-state index contributed by atoms with van der Waals surface area (Å²) in [6, 6.07) is 15.7. The van der Waals surface area contributed by atoms with Crippen molar-refractivity contribution in [2.24, 2.45) is 0 Å². The molecule has 0 amide bonds. The molecule has 0 aliphatic rings. The third kappa shape index (κ3) is 3.70. The van der Waals surface area contributed by atoms with Crippen molar-refractivity contribution in [3.05, 3.63) is 65.3 Å². The molecular weight excluding hydrogens is 310 g/mol. The van der Waals surface area contributed by atoms with Gasteiger partial charge < -0.3 is 16.8 Å². The van der Waals surface area contributed by atoms with E-state index in [1.807, 2.05) is 48.5 Å². The van der Waals surface area contributed by atoms with Crippen molar-refractivity contribution in [3.8, 4) is 11.1 Å². The first-order valence-electron chi connectivity index (χ1n) is 7.08. The highest BCUT2D eigenvalue weighted by atomic mass is 35.5. The van der Waals surface area contributed by atoms with Gasteiger partial charge in [0.2, 0.25) is 5.95 Å². The predicted octanol–water partition coefficient (Wildman–Crippen LogP) is 3.57. The molecule has 3 rings (SSSR count). The van der Waals surface area contributed by atoms with Crippen LogP contribution in [0.3, 0.4) is 0 Å². The highest BCUT2D eigenvalue weighted by Crippen LogP contribution is 2.25. The van der Waals surface area contributed by atoms with Gasteiger partial charge in [-0.3, -0.25) is 0 Å². The fraction of sp³-hybridized carbons (Fsp3) is 0.0588. The molecule has 0 radical (unpaired) electrons. The molecule has 0 saturated heterocycles. The van der Waals surface area contributed by atoms with Crippen LogP contribution in [0, 0.1) is 0 Å². The number of nitrogen functional groups attached to an aromatic ring is 2. The standard InChI is InChI=1S/C17H16ClN5/c18-13-5-1-11(2-6-13)9-21-14-7-3-12(4-8-14)15-10-22-17(20)23-16(15)19/h1-8,10,21H,9H2,(H4,19,20,22,23). The lowest BCUT2D eigenvalue weighted by molar-refractivity contribution is 1.15. The first-order chi connectivity index (χ1) is 11.1. The molecule has 2 aromatic carbocycles. The summed E-state index contributed by atoms with van der Waals surface area (Å²) in [5, 5.41) is 4.09. The number of aromatic nitrogens is 2. The van der Waals surface area contributed by atoms with Gasteiger partial charge in [-0.15, -0.1) is 0 Å². The van der Waals surface area contributed by atoms with Crippen molar-refractivity contribution in [2.75, 3.05) is 16.8 Å². The highest BCUT2D eigenvalue weighted by Gasteiger charge is 2.05. The summed E-state index contributed by atoms with van der Waals surface area (Å²) in [6.45, 7) is 0.726. The van der Waals surface area contributed by atoms with E-state index in [4.69, 9.17) is 23.1 Å². The van der Waals surface area contributed by atoms with Gasteiger partial charge in [0, 0.05) is 29.0 Å². The molecule has 1 aromatic heterocycles. The molecular formula is C17H16ClN5. The van der Waals surface area contributed by atoms with E-state index in [2.05, 4.69) is 15.3 Å². The Balaban J connectivity index is 1.70. The third-order valence-electron chi connectivity index (χ3n) is 3.44. The van der Waals surface area contributed by atoms with Crippen LogP contribution in [-0.2, 0) is 6.54 Å². The number of hydrogen-bond donors (Lipinski definition) is 3. The van der Waals surface area contributed by atoms with E-state index >= 15 is 0 Å². The Morgan fingerprint density at radius 1 is 0.957 bits per heavy atom. The molecule has 3 aromatic rings. The van der Waals surface area contributed by atoms with E-state index in [9.17, 15) is 0 Å². The molecule has 0 fully saturated rings. The quantitative estimate of drug-likeness (QED) is 0.682. The molecule has 5 N–H and O–H groups in total. The van der Waals surface area contributed by atoms with Crippen molar-refractivity contribution < 1.29 is 0 Å². The molecule has 6 heteroatoms. The number of benzene rings is 2. The van der Waals surface area contributed by atoms with Crippen LogP contribution in [0.25, 0.3) is 11.1 Å². The second-order valence-corrected chi connectivity index (χ2v) is 5.52. The lowest BCUT2D eigenvalue weighted by Crippen LogP contribution is -2.01. The van der Waals surface area contributed by atoms with E-state index in [-0.39, 0.29) is 5.95 Å². The minimum absolute atomic E-state index is 0.174. The minimum Gasteiger partial charge on any atom is -0.383 e. The number of nitrogens with zero attached hydrogens (tertiary/aromatic N) is 2. The van der Waals surface area contributed by atoms with E-state index < -0.39 is 0 Å². The summed E-state index contributed by atoms with van der Waals surface area (Å²) in [7, 11) is 0. The molecule has 23 heavy (non-hydrogen) atoms. The predicted molar refractivity (Wildman–Crippen MR) is 95.1 cm³/mol. The van der Waals surface area contributed by atoms with Crippen molar-refractivity contribution in [3.63, 3.8) is 0 Å². The summed E-state index contributed by atoms with van der Waals surface area (Å²) in [6.07, 6.45) is 1.63. The lowest BCUT2D eigenvalue weighted by atomic mass is 10.1. The van der Waals surface area contributed by atoms with Crippen LogP contribution in [-0.4, -0.2) is 9.97 Å².